The Balaban J connectivity index is 1.49. The van der Waals surface area contributed by atoms with Gasteiger partial charge in [-0.05, 0) is 58.2 Å². The summed E-state index contributed by atoms with van der Waals surface area (Å²) < 4.78 is 50.6. The number of H-pyrrole nitrogens is 1. The number of thioether (sulfide) groups is 1. The molecule has 2 aromatic rings. The summed E-state index contributed by atoms with van der Waals surface area (Å²) in [5.74, 6) is -1.04. The van der Waals surface area contributed by atoms with Crippen LogP contribution in [0.1, 0.15) is 46.9 Å². The summed E-state index contributed by atoms with van der Waals surface area (Å²) >= 11 is 7.91. The van der Waals surface area contributed by atoms with Crippen molar-refractivity contribution in [1.29, 1.82) is 0 Å². The van der Waals surface area contributed by atoms with E-state index < -0.39 is 24.4 Å². The number of piperidine rings is 1. The molecule has 0 aliphatic carbocycles. The fourth-order valence-electron chi connectivity index (χ4n) is 4.92. The van der Waals surface area contributed by atoms with E-state index in [1.165, 1.54) is 22.7 Å². The van der Waals surface area contributed by atoms with Crippen LogP contribution in [0.4, 0.5) is 13.2 Å². The standard InChI is InChI=1S/C25H29ClF3N3O4S/c1-13-9-19(37-4)17(23(34)31-13)11-30-22(33)16-10-18(26)21-20(14(16)2)35-24(3,36-21)15-5-7-32(8-6-15)12-25(27,28)29/h9-10,15H,5-8,11-12H2,1-4H3,(H,30,33)(H,31,34)/t24-/m1/s1. The molecule has 0 bridgehead atoms. The van der Waals surface area contributed by atoms with E-state index in [0.29, 0.717) is 35.5 Å². The SMILES string of the molecule is CSc1cc(C)[nH]c(=O)c1CNC(=O)c1cc(Cl)c2c(c1C)O[C@@](C)(C1CCN(CC(F)(F)F)CC1)O2. The van der Waals surface area contributed by atoms with Crippen LogP contribution in [-0.4, -0.2) is 53.6 Å². The molecule has 0 unspecified atom stereocenters. The second-order valence-electron chi connectivity index (χ2n) is 9.59. The molecule has 1 aromatic carbocycles. The highest BCUT2D eigenvalue weighted by atomic mass is 35.5. The maximum absolute atomic E-state index is 13.1. The molecule has 2 aliphatic rings. The van der Waals surface area contributed by atoms with Gasteiger partial charge in [0.2, 0.25) is 0 Å². The lowest BCUT2D eigenvalue weighted by atomic mass is 9.89. The van der Waals surface area contributed by atoms with E-state index in [9.17, 15) is 22.8 Å². The number of carbonyl (C=O) groups is 1. The molecule has 7 nitrogen and oxygen atoms in total. The number of alkyl halides is 3. The zero-order chi connectivity index (χ0) is 27.1. The Labute approximate surface area is 222 Å². The number of likely N-dealkylation sites (tertiary alicyclic amines) is 1. The van der Waals surface area contributed by atoms with Crippen LogP contribution in [-0.2, 0) is 6.54 Å². The van der Waals surface area contributed by atoms with E-state index in [2.05, 4.69) is 10.3 Å². The number of benzene rings is 1. The molecule has 37 heavy (non-hydrogen) atoms. The van der Waals surface area contributed by atoms with Crippen molar-refractivity contribution < 1.29 is 27.4 Å². The Hall–Kier alpha value is -2.37. The maximum Gasteiger partial charge on any atom is 0.401 e. The van der Waals surface area contributed by atoms with Crippen molar-refractivity contribution in [2.75, 3.05) is 25.9 Å². The topological polar surface area (TPSA) is 83.7 Å². The van der Waals surface area contributed by atoms with Gasteiger partial charge in [-0.15, -0.1) is 11.8 Å². The monoisotopic (exact) mass is 559 g/mol. The summed E-state index contributed by atoms with van der Waals surface area (Å²) in [7, 11) is 0. The Morgan fingerprint density at radius 3 is 2.51 bits per heavy atom. The van der Waals surface area contributed by atoms with Crippen molar-refractivity contribution in [2.24, 2.45) is 5.92 Å². The molecule has 2 aliphatic heterocycles. The third kappa shape index (κ3) is 5.88. The van der Waals surface area contributed by atoms with Crippen molar-refractivity contribution in [3.63, 3.8) is 0 Å². The fourth-order valence-corrected chi connectivity index (χ4v) is 5.86. The smallest absolute Gasteiger partial charge is 0.401 e. The molecule has 4 rings (SSSR count). The Morgan fingerprint density at radius 2 is 1.89 bits per heavy atom. The van der Waals surface area contributed by atoms with Crippen molar-refractivity contribution in [3.05, 3.63) is 49.9 Å². The molecule has 1 atom stereocenters. The molecule has 1 aromatic heterocycles. The number of halogens is 4. The second kappa shape index (κ2) is 10.4. The van der Waals surface area contributed by atoms with Crippen molar-refractivity contribution in [2.45, 2.75) is 57.0 Å². The van der Waals surface area contributed by atoms with Crippen LogP contribution in [0.25, 0.3) is 0 Å². The zero-order valence-corrected chi connectivity index (χ0v) is 22.5. The van der Waals surface area contributed by atoms with Crippen molar-refractivity contribution >= 4 is 29.3 Å². The number of nitrogens with zero attached hydrogens (tertiary/aromatic N) is 1. The number of rotatable bonds is 6. The fraction of sp³-hybridized carbons (Fsp3) is 0.520. The second-order valence-corrected chi connectivity index (χ2v) is 10.8. The molecule has 1 fully saturated rings. The van der Waals surface area contributed by atoms with Gasteiger partial charge in [0.25, 0.3) is 17.3 Å². The molecule has 12 heteroatoms. The normalized spacial score (nSPS) is 20.3. The van der Waals surface area contributed by atoms with Gasteiger partial charge in [0.05, 0.1) is 11.6 Å². The Morgan fingerprint density at radius 1 is 1.24 bits per heavy atom. The Bertz CT molecular complexity index is 1260. The number of aromatic nitrogens is 1. The van der Waals surface area contributed by atoms with Crippen LogP contribution in [0.3, 0.4) is 0 Å². The minimum atomic E-state index is -4.24. The van der Waals surface area contributed by atoms with Gasteiger partial charge in [0.15, 0.2) is 11.5 Å². The molecular weight excluding hydrogens is 531 g/mol. The summed E-state index contributed by atoms with van der Waals surface area (Å²) in [4.78, 5) is 30.4. The number of ether oxygens (including phenoxy) is 2. The predicted molar refractivity (Wildman–Crippen MR) is 136 cm³/mol. The summed E-state index contributed by atoms with van der Waals surface area (Å²) in [6, 6.07) is 3.35. The highest BCUT2D eigenvalue weighted by molar-refractivity contribution is 7.98. The van der Waals surface area contributed by atoms with Crippen LogP contribution in [0.5, 0.6) is 11.5 Å². The van der Waals surface area contributed by atoms with Crippen LogP contribution >= 0.6 is 23.4 Å². The number of hydrogen-bond acceptors (Lipinski definition) is 6. The summed E-state index contributed by atoms with van der Waals surface area (Å²) in [5, 5.41) is 2.99. The lowest BCUT2D eigenvalue weighted by Crippen LogP contribution is -2.49. The molecule has 1 saturated heterocycles. The lowest BCUT2D eigenvalue weighted by Gasteiger charge is -2.38. The molecule has 0 radical (unpaired) electrons. The van der Waals surface area contributed by atoms with Crippen molar-refractivity contribution in [1.82, 2.24) is 15.2 Å². The number of aryl methyl sites for hydroxylation is 1. The molecule has 202 valence electrons. The third-order valence-corrected chi connectivity index (χ3v) is 7.99. The molecule has 0 saturated carbocycles. The number of amides is 1. The molecule has 0 spiro atoms. The van der Waals surface area contributed by atoms with Gasteiger partial charge >= 0.3 is 6.18 Å². The maximum atomic E-state index is 13.1. The number of hydrogen-bond donors (Lipinski definition) is 2. The number of nitrogens with one attached hydrogen (secondary N) is 2. The molecule has 1 amide bonds. The van der Waals surface area contributed by atoms with Gasteiger partial charge in [0, 0.05) is 46.7 Å². The average molecular weight is 560 g/mol. The van der Waals surface area contributed by atoms with Crippen LogP contribution < -0.4 is 20.3 Å². The number of fused-ring (bicyclic) bond motifs is 1. The van der Waals surface area contributed by atoms with Gasteiger partial charge < -0.3 is 19.8 Å². The van der Waals surface area contributed by atoms with Crippen LogP contribution in [0.15, 0.2) is 21.8 Å². The van der Waals surface area contributed by atoms with Crippen LogP contribution in [0.2, 0.25) is 5.02 Å². The minimum Gasteiger partial charge on any atom is -0.448 e. The highest BCUT2D eigenvalue weighted by Gasteiger charge is 2.48. The first-order valence-electron chi connectivity index (χ1n) is 11.9. The van der Waals surface area contributed by atoms with Gasteiger partial charge in [-0.25, -0.2) is 0 Å². The molecule has 3 heterocycles. The van der Waals surface area contributed by atoms with E-state index in [0.717, 1.165) is 10.6 Å². The first kappa shape index (κ1) is 27.7. The average Bonchev–Trinajstić information content (AvgIpc) is 3.19. The zero-order valence-electron chi connectivity index (χ0n) is 21.0. The third-order valence-electron chi connectivity index (χ3n) is 6.90. The summed E-state index contributed by atoms with van der Waals surface area (Å²) in [6.07, 6.45) is -1.45. The van der Waals surface area contributed by atoms with Gasteiger partial charge in [0.1, 0.15) is 0 Å². The number of aromatic amines is 1. The van der Waals surface area contributed by atoms with Gasteiger partial charge in [-0.1, -0.05) is 11.6 Å². The molecule has 2 N–H and O–H groups in total. The van der Waals surface area contributed by atoms with Gasteiger partial charge in [-0.2, -0.15) is 13.2 Å². The van der Waals surface area contributed by atoms with Gasteiger partial charge in [-0.3, -0.25) is 14.5 Å². The number of pyridine rings is 1. The molecular formula is C25H29ClF3N3O4S. The van der Waals surface area contributed by atoms with E-state index in [-0.39, 0.29) is 41.7 Å². The summed E-state index contributed by atoms with van der Waals surface area (Å²) in [5.41, 5.74) is 1.74. The summed E-state index contributed by atoms with van der Waals surface area (Å²) in [6.45, 7) is 4.91. The Kier molecular flexibility index (Phi) is 7.79. The minimum absolute atomic E-state index is 0.0321. The number of carbonyl (C=O) groups excluding carboxylic acids is 1. The van der Waals surface area contributed by atoms with E-state index in [1.54, 1.807) is 20.8 Å². The van der Waals surface area contributed by atoms with E-state index >= 15 is 0 Å². The first-order chi connectivity index (χ1) is 17.3. The largest absolute Gasteiger partial charge is 0.448 e. The van der Waals surface area contributed by atoms with Crippen molar-refractivity contribution in [3.8, 4) is 11.5 Å². The lowest BCUT2D eigenvalue weighted by molar-refractivity contribution is -0.159. The quantitative estimate of drug-likeness (QED) is 0.482. The van der Waals surface area contributed by atoms with E-state index in [1.807, 2.05) is 12.3 Å². The highest BCUT2D eigenvalue weighted by Crippen LogP contribution is 2.51. The van der Waals surface area contributed by atoms with E-state index in [4.69, 9.17) is 21.1 Å². The predicted octanol–water partition coefficient (Wildman–Crippen LogP) is 5.06. The first-order valence-corrected chi connectivity index (χ1v) is 13.5. The van der Waals surface area contributed by atoms with Crippen LogP contribution in [0, 0.1) is 19.8 Å².